The van der Waals surface area contributed by atoms with Crippen LogP contribution in [0.15, 0.2) is 48.5 Å². The Morgan fingerprint density at radius 2 is 1.93 bits per heavy atom. The van der Waals surface area contributed by atoms with E-state index in [0.29, 0.717) is 10.9 Å². The summed E-state index contributed by atoms with van der Waals surface area (Å²) in [4.78, 5) is 13.0. The summed E-state index contributed by atoms with van der Waals surface area (Å²) >= 11 is 6.26. The van der Waals surface area contributed by atoms with Gasteiger partial charge in [-0.2, -0.15) is 5.10 Å². The van der Waals surface area contributed by atoms with E-state index in [2.05, 4.69) is 12.2 Å². The third kappa shape index (κ3) is 3.66. The zero-order valence-corrected chi connectivity index (χ0v) is 17.1. The molecule has 1 aliphatic carbocycles. The van der Waals surface area contributed by atoms with Crippen LogP contribution in [0.5, 0.6) is 0 Å². The number of benzene rings is 2. The van der Waals surface area contributed by atoms with Crippen LogP contribution in [-0.4, -0.2) is 21.7 Å². The summed E-state index contributed by atoms with van der Waals surface area (Å²) in [5.74, 6) is 0.552. The first kappa shape index (κ1) is 19.0. The number of aromatic nitrogens is 2. The van der Waals surface area contributed by atoms with Gasteiger partial charge in [-0.3, -0.25) is 9.48 Å². The molecule has 1 amide bonds. The van der Waals surface area contributed by atoms with Crippen molar-refractivity contribution in [2.45, 2.75) is 51.6 Å². The number of amides is 1. The highest BCUT2D eigenvalue weighted by Gasteiger charge is 2.27. The standard InChI is InChI=1S/C23H26ClN3O/c1-15-8-6-7-11-20(15)25-23(28)16(2)27-21-13-12-18(24)14-19(21)22(26-27)17-9-4-3-5-10-17/h3-5,9-10,12-16,20H,6-8,11H2,1-2H3,(H,25,28)/t15-,16-,20+/m1/s1. The first-order chi connectivity index (χ1) is 13.5. The van der Waals surface area contributed by atoms with E-state index in [4.69, 9.17) is 16.7 Å². The molecule has 0 aliphatic heterocycles. The first-order valence-corrected chi connectivity index (χ1v) is 10.5. The van der Waals surface area contributed by atoms with Crippen LogP contribution in [0.2, 0.25) is 5.02 Å². The predicted molar refractivity (Wildman–Crippen MR) is 114 cm³/mol. The summed E-state index contributed by atoms with van der Waals surface area (Å²) in [6.07, 6.45) is 4.68. The maximum Gasteiger partial charge on any atom is 0.244 e. The zero-order valence-electron chi connectivity index (χ0n) is 16.4. The lowest BCUT2D eigenvalue weighted by Gasteiger charge is -2.30. The van der Waals surface area contributed by atoms with E-state index in [-0.39, 0.29) is 11.9 Å². The van der Waals surface area contributed by atoms with Gasteiger partial charge in [0.15, 0.2) is 0 Å². The number of nitrogens with zero attached hydrogens (tertiary/aromatic N) is 2. The Kier molecular flexibility index (Phi) is 5.40. The molecule has 1 N–H and O–H groups in total. The fourth-order valence-electron chi connectivity index (χ4n) is 4.16. The van der Waals surface area contributed by atoms with E-state index in [1.165, 1.54) is 19.3 Å². The molecule has 5 heteroatoms. The van der Waals surface area contributed by atoms with Gasteiger partial charge in [0.05, 0.1) is 5.52 Å². The molecule has 0 saturated heterocycles. The molecular weight excluding hydrogens is 370 g/mol. The minimum atomic E-state index is -0.393. The van der Waals surface area contributed by atoms with Crippen molar-refractivity contribution >= 4 is 28.4 Å². The quantitative estimate of drug-likeness (QED) is 0.623. The first-order valence-electron chi connectivity index (χ1n) is 10.1. The Morgan fingerprint density at radius 1 is 1.18 bits per heavy atom. The van der Waals surface area contributed by atoms with Gasteiger partial charge in [-0.05, 0) is 43.9 Å². The molecule has 0 spiro atoms. The van der Waals surface area contributed by atoms with Crippen molar-refractivity contribution in [3.8, 4) is 11.3 Å². The third-order valence-corrected chi connectivity index (χ3v) is 6.14. The number of hydrogen-bond donors (Lipinski definition) is 1. The van der Waals surface area contributed by atoms with Crippen LogP contribution in [-0.2, 0) is 4.79 Å². The highest BCUT2D eigenvalue weighted by atomic mass is 35.5. The van der Waals surface area contributed by atoms with Crippen molar-refractivity contribution in [2.75, 3.05) is 0 Å². The molecule has 3 atom stereocenters. The van der Waals surface area contributed by atoms with Crippen LogP contribution >= 0.6 is 11.6 Å². The average molecular weight is 396 g/mol. The van der Waals surface area contributed by atoms with Gasteiger partial charge >= 0.3 is 0 Å². The van der Waals surface area contributed by atoms with E-state index >= 15 is 0 Å². The lowest BCUT2D eigenvalue weighted by Crippen LogP contribution is -2.43. The molecule has 2 aromatic carbocycles. The van der Waals surface area contributed by atoms with E-state index in [0.717, 1.165) is 28.6 Å². The topological polar surface area (TPSA) is 46.9 Å². The lowest BCUT2D eigenvalue weighted by atomic mass is 9.86. The fraction of sp³-hybridized carbons (Fsp3) is 0.391. The molecule has 1 aliphatic rings. The average Bonchev–Trinajstić information content (AvgIpc) is 3.08. The van der Waals surface area contributed by atoms with Gasteiger partial charge in [-0.25, -0.2) is 0 Å². The van der Waals surface area contributed by atoms with Crippen LogP contribution in [0.4, 0.5) is 0 Å². The third-order valence-electron chi connectivity index (χ3n) is 5.90. The monoisotopic (exact) mass is 395 g/mol. The minimum absolute atomic E-state index is 0.0257. The Morgan fingerprint density at radius 3 is 2.68 bits per heavy atom. The molecule has 0 radical (unpaired) electrons. The molecule has 1 fully saturated rings. The highest BCUT2D eigenvalue weighted by Crippen LogP contribution is 2.32. The molecule has 146 valence electrons. The minimum Gasteiger partial charge on any atom is -0.351 e. The summed E-state index contributed by atoms with van der Waals surface area (Å²) in [6, 6.07) is 15.6. The number of carbonyl (C=O) groups is 1. The lowest BCUT2D eigenvalue weighted by molar-refractivity contribution is -0.125. The molecule has 1 heterocycles. The molecule has 4 nitrogen and oxygen atoms in total. The van der Waals surface area contributed by atoms with Crippen molar-refractivity contribution in [3.05, 3.63) is 53.6 Å². The SMILES string of the molecule is C[C@@H]1CCCC[C@@H]1NC(=O)[C@@H](C)n1nc(-c2ccccc2)c2cc(Cl)ccc21. The number of hydrogen-bond acceptors (Lipinski definition) is 2. The Hall–Kier alpha value is -2.33. The highest BCUT2D eigenvalue weighted by molar-refractivity contribution is 6.31. The molecule has 0 unspecified atom stereocenters. The van der Waals surface area contributed by atoms with Crippen molar-refractivity contribution in [3.63, 3.8) is 0 Å². The Labute approximate surface area is 170 Å². The second-order valence-electron chi connectivity index (χ2n) is 7.87. The molecule has 1 aromatic heterocycles. The summed E-state index contributed by atoms with van der Waals surface area (Å²) < 4.78 is 1.83. The second-order valence-corrected chi connectivity index (χ2v) is 8.31. The van der Waals surface area contributed by atoms with Crippen molar-refractivity contribution in [1.29, 1.82) is 0 Å². The second kappa shape index (κ2) is 7.96. The normalized spacial score (nSPS) is 20.8. The van der Waals surface area contributed by atoms with Gasteiger partial charge in [0.1, 0.15) is 11.7 Å². The summed E-state index contributed by atoms with van der Waals surface area (Å²) in [5, 5.41) is 9.72. The van der Waals surface area contributed by atoms with Gasteiger partial charge in [0.2, 0.25) is 5.91 Å². The van der Waals surface area contributed by atoms with E-state index in [1.54, 1.807) is 0 Å². The van der Waals surface area contributed by atoms with Crippen LogP contribution < -0.4 is 5.32 Å². The van der Waals surface area contributed by atoms with Crippen LogP contribution in [0.25, 0.3) is 22.2 Å². The van der Waals surface area contributed by atoms with Gasteiger partial charge < -0.3 is 5.32 Å². The Bertz CT molecular complexity index is 982. The van der Waals surface area contributed by atoms with Gasteiger partial charge in [-0.1, -0.05) is 61.7 Å². The molecule has 1 saturated carbocycles. The smallest absolute Gasteiger partial charge is 0.244 e. The number of nitrogens with one attached hydrogen (secondary N) is 1. The van der Waals surface area contributed by atoms with Gasteiger partial charge in [0.25, 0.3) is 0 Å². The predicted octanol–water partition coefficient (Wildman–Crippen LogP) is 5.61. The zero-order chi connectivity index (χ0) is 19.7. The fourth-order valence-corrected chi connectivity index (χ4v) is 4.33. The maximum atomic E-state index is 13.0. The van der Waals surface area contributed by atoms with Crippen LogP contribution in [0.3, 0.4) is 0 Å². The van der Waals surface area contributed by atoms with E-state index in [1.807, 2.05) is 60.1 Å². The maximum absolute atomic E-state index is 13.0. The number of fused-ring (bicyclic) bond motifs is 1. The summed E-state index contributed by atoms with van der Waals surface area (Å²) in [6.45, 7) is 4.15. The number of rotatable bonds is 4. The van der Waals surface area contributed by atoms with E-state index < -0.39 is 6.04 Å². The molecule has 0 bridgehead atoms. The van der Waals surface area contributed by atoms with Crippen LogP contribution in [0.1, 0.15) is 45.6 Å². The summed E-state index contributed by atoms with van der Waals surface area (Å²) in [7, 11) is 0. The molecular formula is C23H26ClN3O. The van der Waals surface area contributed by atoms with Crippen molar-refractivity contribution < 1.29 is 4.79 Å². The van der Waals surface area contributed by atoms with Gasteiger partial charge in [-0.15, -0.1) is 0 Å². The number of carbonyl (C=O) groups excluding carboxylic acids is 1. The Balaban J connectivity index is 1.69. The van der Waals surface area contributed by atoms with Crippen LogP contribution in [0, 0.1) is 5.92 Å². The molecule has 3 aromatic rings. The van der Waals surface area contributed by atoms with Gasteiger partial charge in [0, 0.05) is 22.0 Å². The number of halogens is 1. The van der Waals surface area contributed by atoms with E-state index in [9.17, 15) is 4.79 Å². The van der Waals surface area contributed by atoms with Crippen molar-refractivity contribution in [2.24, 2.45) is 5.92 Å². The molecule has 28 heavy (non-hydrogen) atoms. The summed E-state index contributed by atoms with van der Waals surface area (Å²) in [5.41, 5.74) is 2.79. The largest absolute Gasteiger partial charge is 0.351 e. The van der Waals surface area contributed by atoms with Crippen molar-refractivity contribution in [1.82, 2.24) is 15.1 Å². The molecule has 4 rings (SSSR count).